The Morgan fingerprint density at radius 1 is 0.0806 bits per heavy atom. The van der Waals surface area contributed by atoms with Crippen LogP contribution in [0.4, 0.5) is 0 Å². The molecule has 0 rings (SSSR count). The molecule has 0 bridgehead atoms. The summed E-state index contributed by atoms with van der Waals surface area (Å²) in [6, 6.07) is 0. The van der Waals surface area contributed by atoms with E-state index in [1.54, 1.807) is 0 Å². The molecule has 0 heterocycles. The summed E-state index contributed by atoms with van der Waals surface area (Å²) < 4.78 is 0. The van der Waals surface area contributed by atoms with E-state index in [1.165, 1.54) is 0 Å². The van der Waals surface area contributed by atoms with E-state index >= 15 is 0 Å². The van der Waals surface area contributed by atoms with Crippen molar-refractivity contribution in [3.63, 3.8) is 0 Å². The van der Waals surface area contributed by atoms with Crippen LogP contribution in [0.15, 0.2) is 0 Å². The molecule has 0 spiro atoms. The Morgan fingerprint density at radius 3 is 0.177 bits per heavy atom. The average Bonchev–Trinajstić information content (AvgIpc) is 3.03. The SMILES string of the molecule is [B]B([B])B(B([B])[B])B(B(B([B])[B])B([B])[B])B(B(B(B([B])[B])B([B])[B])B(B([B])[B])B([B])[B])B(B(B(B([B])[B])B([B])[B])B(B([B])[B])B([B])[B])B(B(B([B])[B])B([B])[B])B(B([B])[B])B([B])[B]. The van der Waals surface area contributed by atoms with Crippen LogP contribution in [0.5, 0.6) is 0 Å². The van der Waals surface area contributed by atoms with Crippen molar-refractivity contribution < 1.29 is 0 Å². The van der Waals surface area contributed by atoms with E-state index in [0.717, 1.165) is 0 Å². The Labute approximate surface area is 435 Å². The van der Waals surface area contributed by atoms with Crippen molar-refractivity contribution in [2.45, 2.75) is 0 Å². The van der Waals surface area contributed by atoms with Crippen LogP contribution in [0.3, 0.4) is 0 Å². The van der Waals surface area contributed by atoms with Crippen LogP contribution >= 0.6 is 0 Å². The summed E-state index contributed by atoms with van der Waals surface area (Å²) in [5.74, 6) is 0. The molecular formula is B62. The highest BCUT2D eigenvalue weighted by atomic mass is 13.4. The van der Waals surface area contributed by atoms with Gasteiger partial charge in [-0.15, -0.1) is 0 Å². The Balaban J connectivity index is 10.9. The average molecular weight is 670 g/mol. The van der Waals surface area contributed by atoms with Crippen LogP contribution in [0, 0.1) is 0 Å². The lowest BCUT2D eigenvalue weighted by Crippen LogP contribution is -2.97. The first-order chi connectivity index (χ1) is 28.1. The Morgan fingerprint density at radius 2 is 0.129 bits per heavy atom. The number of hydrogen-bond donors (Lipinski definition) is 0. The first-order valence-electron chi connectivity index (χ1n) is 20.3. The molecule has 0 saturated carbocycles. The van der Waals surface area contributed by atoms with Crippen LogP contribution < -0.4 is 0 Å². The highest BCUT2D eigenvalue weighted by Crippen LogP contribution is 2.25. The second-order valence-electron chi connectivity index (χ2n) is 17.3. The molecule has 0 unspecified atom stereocenters. The van der Waals surface area contributed by atoms with Gasteiger partial charge in [-0.25, -0.2) is 0 Å². The fraction of sp³-hybridized carbons (Fsp3) is 0. The fourth-order valence-corrected chi connectivity index (χ4v) is 10.8. The smallest absolute Gasteiger partial charge is 0 e. The third-order valence-electron chi connectivity index (χ3n) is 12.9. The van der Waals surface area contributed by atoms with Gasteiger partial charge in [0.15, 0.2) is 0 Å². The summed E-state index contributed by atoms with van der Waals surface area (Å²) in [6.45, 7) is 0. The predicted molar refractivity (Wildman–Crippen MR) is 357 cm³/mol. The summed E-state index contributed by atoms with van der Waals surface area (Å²) in [7, 11) is 212. The Hall–Kier alpha value is 4.03. The van der Waals surface area contributed by atoms with Crippen LogP contribution in [0.25, 0.3) is 0 Å². The van der Waals surface area contributed by atoms with Gasteiger partial charge in [0.1, 0.15) is 0 Å². The van der Waals surface area contributed by atoms with E-state index in [1.807, 2.05) is 0 Å². The van der Waals surface area contributed by atoms with Crippen molar-refractivity contribution in [3.05, 3.63) is 0 Å². The first kappa shape index (κ1) is 66.0. The van der Waals surface area contributed by atoms with Crippen molar-refractivity contribution in [3.8, 4) is 0 Å². The molecule has 0 aliphatic carbocycles. The van der Waals surface area contributed by atoms with Gasteiger partial charge in [-0.05, 0) is 0 Å². The molecule has 0 aliphatic heterocycles. The van der Waals surface area contributed by atoms with Gasteiger partial charge in [-0.1, -0.05) is 0 Å². The van der Waals surface area contributed by atoms with Crippen LogP contribution in [0.2, 0.25) is 0 Å². The zero-order valence-electron chi connectivity index (χ0n) is 35.8. The van der Waals surface area contributed by atoms with Crippen molar-refractivity contribution in [2.75, 3.05) is 0 Å². The molecule has 64 radical (unpaired) electrons. The molecule has 0 aromatic heterocycles. The largest absolute Gasteiger partial charge is 0 e. The quantitative estimate of drug-likeness (QED) is 0.0695. The second kappa shape index (κ2) is 30.2. The van der Waals surface area contributed by atoms with Crippen molar-refractivity contribution in [1.29, 1.82) is 0 Å². The molecule has 62 heavy (non-hydrogen) atoms. The minimum atomic E-state index is -1.56. The third kappa shape index (κ3) is 17.7. The normalized spacial score (nSPS) is 9.74. The van der Waals surface area contributed by atoms with Crippen molar-refractivity contribution >= 4 is 439 Å². The van der Waals surface area contributed by atoms with E-state index in [-0.39, 0.29) is 0 Å². The first-order valence-corrected chi connectivity index (χ1v) is 20.3. The van der Waals surface area contributed by atoms with Gasteiger partial charge in [0.2, 0.25) is 0 Å². The van der Waals surface area contributed by atoms with Gasteiger partial charge < -0.3 is 0 Å². The van der Waals surface area contributed by atoms with Gasteiger partial charge in [0, 0.05) is 439 Å². The summed E-state index contributed by atoms with van der Waals surface area (Å²) in [5.41, 5.74) is 0. The van der Waals surface area contributed by atoms with Crippen LogP contribution in [0.1, 0.15) is 0 Å². The molecule has 0 N–H and O–H groups in total. The predicted octanol–water partition coefficient (Wildman–Crippen LogP) is -23.6. The molecule has 0 fully saturated rings. The van der Waals surface area contributed by atoms with Crippen LogP contribution in [-0.2, 0) is 0 Å². The second-order valence-corrected chi connectivity index (χ2v) is 17.3. The molecule has 0 aliphatic rings. The lowest BCUT2D eigenvalue weighted by atomic mass is 8.22. The highest BCUT2D eigenvalue weighted by molar-refractivity contribution is 8.38. The van der Waals surface area contributed by atoms with Gasteiger partial charge in [-0.3, -0.25) is 0 Å². The Kier molecular flexibility index (Phi) is 32.1. The molecule has 0 aromatic carbocycles. The molecule has 62 heteroatoms. The summed E-state index contributed by atoms with van der Waals surface area (Å²) >= 11 is 0. The van der Waals surface area contributed by atoms with Gasteiger partial charge in [0.05, 0.1) is 0 Å². The minimum Gasteiger partial charge on any atom is 0 e. The molecule has 0 atom stereocenters. The van der Waals surface area contributed by atoms with E-state index in [0.29, 0.717) is 0 Å². The molecule has 186 valence electrons. The molecular weight excluding hydrogens is 670 g/mol. The van der Waals surface area contributed by atoms with Gasteiger partial charge >= 0.3 is 0 Å². The van der Waals surface area contributed by atoms with Crippen LogP contribution in [-0.4, -0.2) is 439 Å². The maximum absolute atomic E-state index is 6.62. The minimum absolute atomic E-state index is 1.38. The number of hydrogen-bond acceptors (Lipinski definition) is 0. The molecule has 0 nitrogen and oxygen atoms in total. The standard InChI is InChI=1S/B62/c1-33(2)49(34(3)4)57(50(35(5)6)36(7)8)61(58(51(37(9)10)38(11)12)52(39(13)14)40(15)16)62(59(53(41(17)18)42(19)20)54(43(21)22)44(23)24)60(55(45(25)26)46(27)28)56(47(29)30)48(31)32. The van der Waals surface area contributed by atoms with E-state index < -0.39 is 192 Å². The van der Waals surface area contributed by atoms with E-state index in [2.05, 4.69) is 0 Å². The van der Waals surface area contributed by atoms with Crippen molar-refractivity contribution in [2.24, 2.45) is 0 Å². The fourth-order valence-electron chi connectivity index (χ4n) is 10.8. The Bertz CT molecular complexity index is 815. The zero-order chi connectivity index (χ0) is 49.3. The summed E-state index contributed by atoms with van der Waals surface area (Å²) in [6.07, 6.45) is -43.9. The lowest BCUT2D eigenvalue weighted by Gasteiger charge is -2.59. The third-order valence-corrected chi connectivity index (χ3v) is 12.9. The van der Waals surface area contributed by atoms with Crippen molar-refractivity contribution in [1.82, 2.24) is 0 Å². The number of rotatable bonds is 29. The zero-order valence-corrected chi connectivity index (χ0v) is 35.8. The summed E-state index contributed by atoms with van der Waals surface area (Å²) in [5, 5.41) is 0. The monoisotopic (exact) mass is 683 g/mol. The van der Waals surface area contributed by atoms with E-state index in [4.69, 9.17) is 248 Å². The maximum atomic E-state index is 6.62. The van der Waals surface area contributed by atoms with E-state index in [9.17, 15) is 0 Å². The molecule has 0 amide bonds. The molecule has 0 aromatic rings. The maximum Gasteiger partial charge on any atom is 0 e. The molecule has 0 saturated heterocycles. The highest BCUT2D eigenvalue weighted by Gasteiger charge is 2.63. The topological polar surface area (TPSA) is 0 Å². The van der Waals surface area contributed by atoms with Gasteiger partial charge in [-0.2, -0.15) is 0 Å². The summed E-state index contributed by atoms with van der Waals surface area (Å²) in [4.78, 5) is 0. The van der Waals surface area contributed by atoms with Gasteiger partial charge in [0.25, 0.3) is 0 Å². The lowest BCUT2D eigenvalue weighted by molar-refractivity contribution is 3.16.